The Labute approximate surface area is 150 Å². The van der Waals surface area contributed by atoms with E-state index in [1.54, 1.807) is 0 Å². The molecule has 3 rings (SSSR count). The van der Waals surface area contributed by atoms with E-state index in [9.17, 15) is 23.1 Å². The Hall–Kier alpha value is -2.87. The second kappa shape index (κ2) is 6.80. The van der Waals surface area contributed by atoms with E-state index in [-0.39, 0.29) is 35.1 Å². The first-order valence-electron chi connectivity index (χ1n) is 7.84. The van der Waals surface area contributed by atoms with Crippen LogP contribution in [0.5, 0.6) is 5.75 Å². The number of amides is 1. The highest BCUT2D eigenvalue weighted by atomic mass is 32.2. The predicted molar refractivity (Wildman–Crippen MR) is 90.0 cm³/mol. The number of carbonyl (C=O) groups excluding carboxylic acids is 2. The van der Waals surface area contributed by atoms with E-state index in [0.29, 0.717) is 0 Å². The summed E-state index contributed by atoms with van der Waals surface area (Å²) in [5.41, 5.74) is 0.560. The summed E-state index contributed by atoms with van der Waals surface area (Å²) in [5, 5.41) is 11.1. The molecule has 1 fully saturated rings. The molecule has 1 atom stereocenters. The number of sulfonamides is 1. The summed E-state index contributed by atoms with van der Waals surface area (Å²) >= 11 is 0. The van der Waals surface area contributed by atoms with Crippen LogP contribution in [-0.2, 0) is 14.8 Å². The fourth-order valence-electron chi connectivity index (χ4n) is 2.98. The van der Waals surface area contributed by atoms with Crippen molar-refractivity contribution in [2.45, 2.75) is 17.2 Å². The van der Waals surface area contributed by atoms with E-state index in [4.69, 9.17) is 4.74 Å². The number of hydrogen-bond acceptors (Lipinski definition) is 6. The predicted octanol–water partition coefficient (Wildman–Crippen LogP) is 0.763. The molecule has 0 saturated carbocycles. The molecule has 2 aromatic carbocycles. The number of aromatic carboxylic acids is 1. The minimum absolute atomic E-state index is 0.0100. The van der Waals surface area contributed by atoms with Crippen LogP contribution in [0.2, 0.25) is 0 Å². The Bertz CT molecular complexity index is 955. The van der Waals surface area contributed by atoms with Crippen molar-refractivity contribution in [3.05, 3.63) is 59.7 Å². The van der Waals surface area contributed by atoms with Gasteiger partial charge in [0.05, 0.1) is 13.1 Å². The fraction of sp³-hybridized carbons (Fsp3) is 0.222. The summed E-state index contributed by atoms with van der Waals surface area (Å²) in [6.45, 7) is -0.0100. The monoisotopic (exact) mass is 374 g/mol. The molecule has 1 heterocycles. The van der Waals surface area contributed by atoms with Gasteiger partial charge in [-0.1, -0.05) is 30.3 Å². The third-order valence-corrected chi connectivity index (χ3v) is 6.13. The van der Waals surface area contributed by atoms with Crippen molar-refractivity contribution < 1.29 is 27.9 Å². The van der Waals surface area contributed by atoms with Gasteiger partial charge in [-0.05, 0) is 29.3 Å². The average molecular weight is 374 g/mol. The first-order valence-corrected chi connectivity index (χ1v) is 9.28. The van der Waals surface area contributed by atoms with E-state index >= 15 is 0 Å². The van der Waals surface area contributed by atoms with Crippen LogP contribution in [0.4, 0.5) is 0 Å². The largest absolute Gasteiger partial charge is 0.545 e. The summed E-state index contributed by atoms with van der Waals surface area (Å²) < 4.78 is 31.8. The first-order chi connectivity index (χ1) is 12.3. The number of carbonyl (C=O) groups is 2. The maximum Gasteiger partial charge on any atom is 0.270 e. The van der Waals surface area contributed by atoms with Crippen molar-refractivity contribution in [2.75, 3.05) is 13.7 Å². The molecule has 0 spiro atoms. The van der Waals surface area contributed by atoms with Crippen LogP contribution in [-0.4, -0.2) is 38.3 Å². The molecule has 0 N–H and O–H groups in total. The summed E-state index contributed by atoms with van der Waals surface area (Å²) in [5.74, 6) is -2.35. The zero-order valence-electron chi connectivity index (χ0n) is 13.9. The number of hydrogen-bond donors (Lipinski definition) is 0. The number of ether oxygens (including phenoxy) is 1. The number of benzene rings is 2. The fourth-order valence-corrected chi connectivity index (χ4v) is 4.62. The van der Waals surface area contributed by atoms with Gasteiger partial charge in [-0.25, -0.2) is 12.7 Å². The van der Waals surface area contributed by atoms with Crippen LogP contribution in [0.25, 0.3) is 0 Å². The lowest BCUT2D eigenvalue weighted by Gasteiger charge is -2.19. The lowest BCUT2D eigenvalue weighted by atomic mass is 9.99. The number of methoxy groups -OCH3 is 1. The smallest absolute Gasteiger partial charge is 0.270 e. The Kier molecular flexibility index (Phi) is 4.69. The molecule has 1 aliphatic rings. The van der Waals surface area contributed by atoms with Crippen molar-refractivity contribution in [3.8, 4) is 5.75 Å². The van der Waals surface area contributed by atoms with Gasteiger partial charge >= 0.3 is 0 Å². The maximum absolute atomic E-state index is 13.0. The number of nitrogens with zero attached hydrogens (tertiary/aromatic N) is 1. The van der Waals surface area contributed by atoms with E-state index < -0.39 is 21.9 Å². The lowest BCUT2D eigenvalue weighted by molar-refractivity contribution is -0.255. The SMILES string of the molecule is COc1ccc(C(=O)[O-])cc1S(=O)(=O)N1C[C@H](c2ccccc2)CC1=O. The summed E-state index contributed by atoms with van der Waals surface area (Å²) in [6, 6.07) is 12.5. The topological polar surface area (TPSA) is 104 Å². The van der Waals surface area contributed by atoms with Crippen LogP contribution in [0.15, 0.2) is 53.4 Å². The molecule has 1 aliphatic heterocycles. The molecule has 1 amide bonds. The van der Waals surface area contributed by atoms with E-state index in [1.807, 2.05) is 30.3 Å². The minimum Gasteiger partial charge on any atom is -0.545 e. The van der Waals surface area contributed by atoms with Crippen LogP contribution in [0, 0.1) is 0 Å². The van der Waals surface area contributed by atoms with Gasteiger partial charge in [0.25, 0.3) is 10.0 Å². The van der Waals surface area contributed by atoms with Gasteiger partial charge in [-0.2, -0.15) is 0 Å². The van der Waals surface area contributed by atoms with Gasteiger partial charge in [-0.15, -0.1) is 0 Å². The first kappa shape index (κ1) is 17.9. The molecule has 0 radical (unpaired) electrons. The van der Waals surface area contributed by atoms with E-state index in [1.165, 1.54) is 19.2 Å². The van der Waals surface area contributed by atoms with Crippen LogP contribution < -0.4 is 9.84 Å². The van der Waals surface area contributed by atoms with Crippen molar-refractivity contribution in [3.63, 3.8) is 0 Å². The molecule has 0 unspecified atom stereocenters. The number of rotatable bonds is 5. The van der Waals surface area contributed by atoms with Crippen LogP contribution in [0.3, 0.4) is 0 Å². The zero-order valence-corrected chi connectivity index (χ0v) is 14.7. The molecule has 0 bridgehead atoms. The molecule has 26 heavy (non-hydrogen) atoms. The minimum atomic E-state index is -4.26. The second-order valence-electron chi connectivity index (χ2n) is 5.89. The summed E-state index contributed by atoms with van der Waals surface area (Å²) in [7, 11) is -2.99. The van der Waals surface area contributed by atoms with E-state index in [2.05, 4.69) is 0 Å². The summed E-state index contributed by atoms with van der Waals surface area (Å²) in [6.07, 6.45) is 0.0612. The Morgan fingerprint density at radius 2 is 1.88 bits per heavy atom. The highest BCUT2D eigenvalue weighted by Gasteiger charge is 2.40. The maximum atomic E-state index is 13.0. The van der Waals surface area contributed by atoms with Gasteiger partial charge in [0.15, 0.2) is 0 Å². The van der Waals surface area contributed by atoms with Gasteiger partial charge in [0.1, 0.15) is 10.6 Å². The van der Waals surface area contributed by atoms with Gasteiger partial charge in [0.2, 0.25) is 5.91 Å². The van der Waals surface area contributed by atoms with Gasteiger partial charge in [0, 0.05) is 18.9 Å². The van der Waals surface area contributed by atoms with Gasteiger partial charge < -0.3 is 14.6 Å². The normalized spacial score (nSPS) is 17.3. The lowest BCUT2D eigenvalue weighted by Crippen LogP contribution is -2.33. The summed E-state index contributed by atoms with van der Waals surface area (Å²) in [4.78, 5) is 23.1. The highest BCUT2D eigenvalue weighted by Crippen LogP contribution is 2.35. The third-order valence-electron chi connectivity index (χ3n) is 4.32. The molecule has 0 aromatic heterocycles. The Morgan fingerprint density at radius 1 is 1.19 bits per heavy atom. The zero-order chi connectivity index (χ0) is 18.9. The second-order valence-corrected chi connectivity index (χ2v) is 7.73. The van der Waals surface area contributed by atoms with Gasteiger partial charge in [-0.3, -0.25) is 4.79 Å². The molecule has 136 valence electrons. The molecule has 2 aromatic rings. The Morgan fingerprint density at radius 3 is 2.50 bits per heavy atom. The Balaban J connectivity index is 1.99. The van der Waals surface area contributed by atoms with Crippen LogP contribution in [0.1, 0.15) is 28.3 Å². The molecule has 0 aliphatic carbocycles. The quantitative estimate of drug-likeness (QED) is 0.765. The molecule has 1 saturated heterocycles. The average Bonchev–Trinajstić information content (AvgIpc) is 3.04. The highest BCUT2D eigenvalue weighted by molar-refractivity contribution is 7.89. The van der Waals surface area contributed by atoms with Crippen molar-refractivity contribution in [2.24, 2.45) is 0 Å². The van der Waals surface area contributed by atoms with E-state index in [0.717, 1.165) is 15.9 Å². The number of carboxylic acids is 1. The standard InChI is InChI=1S/C18H17NO6S/c1-25-15-8-7-13(18(21)22)9-16(15)26(23,24)19-11-14(10-17(19)20)12-5-3-2-4-6-12/h2-9,14H,10-11H2,1H3,(H,21,22)/p-1/t14-/m1/s1. The molecule has 7 nitrogen and oxygen atoms in total. The molecular formula is C18H16NO6S-. The number of carboxylic acid groups (broad SMARTS) is 1. The molecule has 8 heteroatoms. The van der Waals surface area contributed by atoms with Crippen molar-refractivity contribution in [1.29, 1.82) is 0 Å². The van der Waals surface area contributed by atoms with Crippen molar-refractivity contribution in [1.82, 2.24) is 4.31 Å². The molecular weight excluding hydrogens is 358 g/mol. The van der Waals surface area contributed by atoms with Crippen LogP contribution >= 0.6 is 0 Å². The third kappa shape index (κ3) is 3.15. The van der Waals surface area contributed by atoms with Crippen molar-refractivity contribution >= 4 is 21.9 Å².